The van der Waals surface area contributed by atoms with E-state index in [1.807, 2.05) is 0 Å². The molecule has 1 aliphatic rings. The largest absolute Gasteiger partial charge is 0.407 e. The molecule has 5 nitrogen and oxygen atoms in total. The van der Waals surface area contributed by atoms with Crippen molar-refractivity contribution < 1.29 is 4.42 Å². The predicted octanol–water partition coefficient (Wildman–Crippen LogP) is 1.54. The third-order valence-corrected chi connectivity index (χ3v) is 3.33. The molecule has 1 aliphatic heterocycles. The number of hydrogen-bond acceptors (Lipinski definition) is 5. The Morgan fingerprint density at radius 2 is 2.25 bits per heavy atom. The summed E-state index contributed by atoms with van der Waals surface area (Å²) in [6, 6.07) is 0.636. The predicted molar refractivity (Wildman–Crippen MR) is 62.0 cm³/mol. The summed E-state index contributed by atoms with van der Waals surface area (Å²) in [4.78, 5) is 2.18. The third kappa shape index (κ3) is 2.52. The standard InChI is InChI=1S/C11H20N4O/c1-2-9-4-3-6-15(7-5-9)11-14-13-10(8-12)16-11/h9H,2-8,12H2,1H3. The third-order valence-electron chi connectivity index (χ3n) is 3.33. The molecule has 0 saturated carbocycles. The summed E-state index contributed by atoms with van der Waals surface area (Å²) in [5.74, 6) is 1.37. The normalized spacial score (nSPS) is 22.1. The van der Waals surface area contributed by atoms with Gasteiger partial charge in [0.2, 0.25) is 5.89 Å². The fourth-order valence-corrected chi connectivity index (χ4v) is 2.22. The summed E-state index contributed by atoms with van der Waals surface area (Å²) in [5.41, 5.74) is 5.45. The van der Waals surface area contributed by atoms with Gasteiger partial charge >= 0.3 is 6.01 Å². The molecule has 1 atom stereocenters. The molecule has 0 bridgehead atoms. The van der Waals surface area contributed by atoms with E-state index in [1.54, 1.807) is 0 Å². The summed E-state index contributed by atoms with van der Waals surface area (Å²) in [5, 5.41) is 7.93. The van der Waals surface area contributed by atoms with Crippen molar-refractivity contribution in [3.8, 4) is 0 Å². The Labute approximate surface area is 96.0 Å². The van der Waals surface area contributed by atoms with Crippen LogP contribution in [0.1, 0.15) is 38.5 Å². The molecule has 1 aromatic rings. The van der Waals surface area contributed by atoms with Crippen LogP contribution < -0.4 is 10.6 Å². The highest BCUT2D eigenvalue weighted by molar-refractivity contribution is 5.24. The molecule has 5 heteroatoms. The van der Waals surface area contributed by atoms with E-state index in [1.165, 1.54) is 25.7 Å². The highest BCUT2D eigenvalue weighted by atomic mass is 16.4. The minimum atomic E-state index is 0.318. The average Bonchev–Trinajstić information content (AvgIpc) is 2.67. The first-order valence-electron chi connectivity index (χ1n) is 6.11. The quantitative estimate of drug-likeness (QED) is 0.843. The van der Waals surface area contributed by atoms with Crippen molar-refractivity contribution in [3.63, 3.8) is 0 Å². The van der Waals surface area contributed by atoms with Gasteiger partial charge in [0.25, 0.3) is 0 Å². The highest BCUT2D eigenvalue weighted by Crippen LogP contribution is 2.23. The summed E-state index contributed by atoms with van der Waals surface area (Å²) >= 11 is 0. The topological polar surface area (TPSA) is 68.2 Å². The van der Waals surface area contributed by atoms with Crippen LogP contribution in [0, 0.1) is 5.92 Å². The molecule has 1 unspecified atom stereocenters. The Kier molecular flexibility index (Phi) is 3.77. The van der Waals surface area contributed by atoms with E-state index < -0.39 is 0 Å². The van der Waals surface area contributed by atoms with E-state index in [0.29, 0.717) is 18.5 Å². The molecular weight excluding hydrogens is 204 g/mol. The average molecular weight is 224 g/mol. The minimum Gasteiger partial charge on any atom is -0.407 e. The van der Waals surface area contributed by atoms with Crippen molar-refractivity contribution >= 4 is 6.01 Å². The van der Waals surface area contributed by atoms with Gasteiger partial charge in [-0.05, 0) is 25.2 Å². The maximum absolute atomic E-state index is 5.48. The van der Waals surface area contributed by atoms with Crippen molar-refractivity contribution in [2.75, 3.05) is 18.0 Å². The Morgan fingerprint density at radius 1 is 1.38 bits per heavy atom. The molecule has 2 N–H and O–H groups in total. The molecule has 0 aliphatic carbocycles. The van der Waals surface area contributed by atoms with Gasteiger partial charge in [-0.1, -0.05) is 18.4 Å². The van der Waals surface area contributed by atoms with Crippen LogP contribution in [0.5, 0.6) is 0 Å². The van der Waals surface area contributed by atoms with Crippen molar-refractivity contribution in [1.82, 2.24) is 10.2 Å². The molecule has 2 heterocycles. The lowest BCUT2D eigenvalue weighted by molar-refractivity contribution is 0.456. The van der Waals surface area contributed by atoms with Crippen molar-refractivity contribution in [1.29, 1.82) is 0 Å². The van der Waals surface area contributed by atoms with Gasteiger partial charge in [-0.25, -0.2) is 0 Å². The summed E-state index contributed by atoms with van der Waals surface area (Å²) in [7, 11) is 0. The van der Waals surface area contributed by atoms with Gasteiger partial charge in [0.05, 0.1) is 6.54 Å². The zero-order valence-electron chi connectivity index (χ0n) is 9.85. The van der Waals surface area contributed by atoms with Crippen LogP contribution in [0.2, 0.25) is 0 Å². The van der Waals surface area contributed by atoms with Crippen LogP contribution in [-0.4, -0.2) is 23.3 Å². The molecule has 2 rings (SSSR count). The smallest absolute Gasteiger partial charge is 0.318 e. The maximum atomic E-state index is 5.48. The van der Waals surface area contributed by atoms with Gasteiger partial charge in [-0.15, -0.1) is 5.10 Å². The van der Waals surface area contributed by atoms with Gasteiger partial charge in [0.15, 0.2) is 0 Å². The number of rotatable bonds is 3. The van der Waals surface area contributed by atoms with E-state index in [4.69, 9.17) is 10.2 Å². The minimum absolute atomic E-state index is 0.318. The fraction of sp³-hybridized carbons (Fsp3) is 0.818. The highest BCUT2D eigenvalue weighted by Gasteiger charge is 2.19. The first-order valence-corrected chi connectivity index (χ1v) is 6.11. The number of hydrogen-bond donors (Lipinski definition) is 1. The molecular formula is C11H20N4O. The van der Waals surface area contributed by atoms with Crippen molar-refractivity contribution in [2.24, 2.45) is 11.7 Å². The monoisotopic (exact) mass is 224 g/mol. The SMILES string of the molecule is CCC1CCCN(c2nnc(CN)o2)CC1. The van der Waals surface area contributed by atoms with E-state index >= 15 is 0 Å². The van der Waals surface area contributed by atoms with E-state index in [-0.39, 0.29) is 0 Å². The maximum Gasteiger partial charge on any atom is 0.318 e. The van der Waals surface area contributed by atoms with Crippen LogP contribution in [0.3, 0.4) is 0 Å². The van der Waals surface area contributed by atoms with Crippen LogP contribution in [-0.2, 0) is 6.54 Å². The van der Waals surface area contributed by atoms with Gasteiger partial charge < -0.3 is 15.1 Å². The van der Waals surface area contributed by atoms with E-state index in [2.05, 4.69) is 22.0 Å². The molecule has 16 heavy (non-hydrogen) atoms. The molecule has 0 amide bonds. The second-order valence-corrected chi connectivity index (χ2v) is 4.37. The van der Waals surface area contributed by atoms with E-state index in [9.17, 15) is 0 Å². The van der Waals surface area contributed by atoms with Gasteiger partial charge in [-0.3, -0.25) is 0 Å². The second-order valence-electron chi connectivity index (χ2n) is 4.37. The molecule has 0 aromatic carbocycles. The molecule has 1 aromatic heterocycles. The number of nitrogens with two attached hydrogens (primary N) is 1. The Balaban J connectivity index is 1.99. The van der Waals surface area contributed by atoms with Crippen LogP contribution >= 0.6 is 0 Å². The molecule has 1 fully saturated rings. The Morgan fingerprint density at radius 3 is 2.94 bits per heavy atom. The second kappa shape index (κ2) is 5.30. The zero-order chi connectivity index (χ0) is 11.4. The number of aromatic nitrogens is 2. The van der Waals surface area contributed by atoms with Gasteiger partial charge in [-0.2, -0.15) is 0 Å². The van der Waals surface area contributed by atoms with Crippen molar-refractivity contribution in [2.45, 2.75) is 39.2 Å². The first kappa shape index (κ1) is 11.4. The lowest BCUT2D eigenvalue weighted by atomic mass is 9.98. The lowest BCUT2D eigenvalue weighted by Gasteiger charge is -2.17. The van der Waals surface area contributed by atoms with Crippen LogP contribution in [0.4, 0.5) is 6.01 Å². The van der Waals surface area contributed by atoms with Crippen LogP contribution in [0.15, 0.2) is 4.42 Å². The number of nitrogens with zero attached hydrogens (tertiary/aromatic N) is 3. The Bertz CT molecular complexity index is 326. The molecule has 90 valence electrons. The zero-order valence-corrected chi connectivity index (χ0v) is 9.85. The summed E-state index contributed by atoms with van der Waals surface area (Å²) in [6.45, 7) is 4.62. The first-order chi connectivity index (χ1) is 7.83. The summed E-state index contributed by atoms with van der Waals surface area (Å²) in [6.07, 6.45) is 5.01. The summed E-state index contributed by atoms with van der Waals surface area (Å²) < 4.78 is 5.48. The number of anilines is 1. The molecule has 1 saturated heterocycles. The van der Waals surface area contributed by atoms with E-state index in [0.717, 1.165) is 19.0 Å². The van der Waals surface area contributed by atoms with Gasteiger partial charge in [0, 0.05) is 13.1 Å². The lowest BCUT2D eigenvalue weighted by Crippen LogP contribution is -2.24. The molecule has 0 radical (unpaired) electrons. The van der Waals surface area contributed by atoms with Gasteiger partial charge in [0.1, 0.15) is 0 Å². The van der Waals surface area contributed by atoms with Crippen LogP contribution in [0.25, 0.3) is 0 Å². The Hall–Kier alpha value is -1.10. The fourth-order valence-electron chi connectivity index (χ4n) is 2.22. The molecule has 0 spiro atoms. The van der Waals surface area contributed by atoms with Crippen molar-refractivity contribution in [3.05, 3.63) is 5.89 Å².